The Labute approximate surface area is 318 Å². The summed E-state index contributed by atoms with van der Waals surface area (Å²) in [6.07, 6.45) is 4.46. The Kier molecular flexibility index (Phi) is 10.2. The predicted octanol–water partition coefficient (Wildman–Crippen LogP) is 10.8. The van der Waals surface area contributed by atoms with E-state index in [1.54, 1.807) is 54.6 Å². The van der Waals surface area contributed by atoms with Gasteiger partial charge in [0.15, 0.2) is 0 Å². The molecule has 6 aromatic rings. The van der Waals surface area contributed by atoms with Crippen LogP contribution >= 0.6 is 0 Å². The Morgan fingerprint density at radius 2 is 0.661 bits per heavy atom. The molecule has 3 aliphatic carbocycles. The number of hydrogen-bond donors (Lipinski definition) is 0. The standard InChI is InChI=1S/C41H26B3F6N3O3/c45-42(46)54-37-10-4-1-7-25(37)22-51-28-15-18-33-34(19-28)40-31-16-13-29(52-23-26-8-2-5-11-38(26)55-43(47)48)20-35(31)41(33)36-21-30(14-17-32(36)40)53-24-27-9-3-6-12-39(27)56-44(49)50/h1-24,40-41H. The number of rotatable bonds is 12. The molecule has 0 aliphatic heterocycles. The molecule has 2 bridgehead atoms. The zero-order chi connectivity index (χ0) is 38.8. The number of benzene rings is 6. The Hall–Kier alpha value is -6.50. The Bertz CT molecular complexity index is 2400. The van der Waals surface area contributed by atoms with Crippen LogP contribution in [0.25, 0.3) is 0 Å². The lowest BCUT2D eigenvalue weighted by Crippen LogP contribution is -2.27. The lowest BCUT2D eigenvalue weighted by atomic mass is 9.61. The molecule has 0 N–H and O–H groups in total. The fourth-order valence-corrected chi connectivity index (χ4v) is 7.27. The molecule has 6 aromatic carbocycles. The number of para-hydroxylation sites is 3. The molecule has 3 aliphatic rings. The maximum Gasteiger partial charge on any atom is 0.796 e. The number of halogens is 6. The minimum Gasteiger partial charge on any atom is -0.505 e. The number of nitrogens with zero attached hydrogens (tertiary/aromatic N) is 3. The van der Waals surface area contributed by atoms with Crippen LogP contribution in [-0.4, -0.2) is 41.1 Å². The molecular weight excluding hydrogens is 729 g/mol. The van der Waals surface area contributed by atoms with Gasteiger partial charge in [-0.15, -0.1) is 0 Å². The highest BCUT2D eigenvalue weighted by molar-refractivity contribution is 6.36. The van der Waals surface area contributed by atoms with Crippen LogP contribution in [0.1, 0.15) is 61.9 Å². The van der Waals surface area contributed by atoms with Crippen LogP contribution in [0, 0.1) is 0 Å². The normalized spacial score (nSPS) is 15.1. The first-order valence-electron chi connectivity index (χ1n) is 17.4. The van der Waals surface area contributed by atoms with Gasteiger partial charge >= 0.3 is 22.4 Å². The van der Waals surface area contributed by atoms with E-state index in [1.807, 2.05) is 54.6 Å². The van der Waals surface area contributed by atoms with Crippen molar-refractivity contribution >= 4 is 58.1 Å². The molecule has 0 atom stereocenters. The molecule has 274 valence electrons. The van der Waals surface area contributed by atoms with Gasteiger partial charge in [-0.3, -0.25) is 15.0 Å². The molecule has 0 radical (unpaired) electrons. The Morgan fingerprint density at radius 1 is 0.375 bits per heavy atom. The Morgan fingerprint density at radius 3 is 0.964 bits per heavy atom. The van der Waals surface area contributed by atoms with E-state index in [9.17, 15) is 25.9 Å². The van der Waals surface area contributed by atoms with Gasteiger partial charge < -0.3 is 14.0 Å². The lowest BCUT2D eigenvalue weighted by Gasteiger charge is -2.42. The SMILES string of the molecule is FB(F)Oc1ccccc1C=Nc1ccc2c(c1)C1c3ccc(N=Cc4ccccc4OB(F)F)cc3C2c2cc(N=Cc3ccccc3OB(F)F)ccc21. The van der Waals surface area contributed by atoms with Gasteiger partial charge in [-0.05, 0) is 106 Å². The molecule has 0 fully saturated rings. The number of aliphatic imine (C=N–C) groups is 3. The zero-order valence-electron chi connectivity index (χ0n) is 29.1. The van der Waals surface area contributed by atoms with Crippen LogP contribution in [0.4, 0.5) is 43.0 Å². The summed E-state index contributed by atoms with van der Waals surface area (Å²) < 4.78 is 92.4. The van der Waals surface area contributed by atoms with Crippen molar-refractivity contribution in [3.63, 3.8) is 0 Å². The van der Waals surface area contributed by atoms with E-state index in [2.05, 4.69) is 28.9 Å². The van der Waals surface area contributed by atoms with Gasteiger partial charge in [0.2, 0.25) is 0 Å². The Balaban J connectivity index is 1.18. The molecule has 0 saturated heterocycles. The molecule has 0 saturated carbocycles. The van der Waals surface area contributed by atoms with Crippen molar-refractivity contribution in [3.8, 4) is 17.2 Å². The van der Waals surface area contributed by atoms with E-state index in [0.29, 0.717) is 33.8 Å². The molecule has 15 heteroatoms. The van der Waals surface area contributed by atoms with Crippen LogP contribution in [0.3, 0.4) is 0 Å². The fourth-order valence-electron chi connectivity index (χ4n) is 7.27. The van der Waals surface area contributed by atoms with Gasteiger partial charge in [-0.2, -0.15) is 0 Å². The minimum atomic E-state index is -2.99. The van der Waals surface area contributed by atoms with Crippen LogP contribution in [-0.2, 0) is 0 Å². The van der Waals surface area contributed by atoms with Gasteiger partial charge in [0.25, 0.3) is 0 Å². The van der Waals surface area contributed by atoms with Crippen LogP contribution in [0.5, 0.6) is 17.2 Å². The lowest BCUT2D eigenvalue weighted by molar-refractivity contribution is 0.424. The molecule has 0 amide bonds. The van der Waals surface area contributed by atoms with Crippen LogP contribution < -0.4 is 14.0 Å². The molecule has 56 heavy (non-hydrogen) atoms. The van der Waals surface area contributed by atoms with Gasteiger partial charge in [0.05, 0.1) is 17.1 Å². The average Bonchev–Trinajstić information content (AvgIpc) is 3.18. The summed E-state index contributed by atoms with van der Waals surface area (Å²) in [6, 6.07) is 36.8. The van der Waals surface area contributed by atoms with Gasteiger partial charge in [-0.1, -0.05) is 54.6 Å². The summed E-state index contributed by atoms with van der Waals surface area (Å²) in [5.74, 6) is -0.469. The molecule has 6 nitrogen and oxygen atoms in total. The van der Waals surface area contributed by atoms with Gasteiger partial charge in [-0.25, -0.2) is 25.9 Å². The quantitative estimate of drug-likeness (QED) is 0.0709. The van der Waals surface area contributed by atoms with E-state index in [1.165, 1.54) is 36.8 Å². The largest absolute Gasteiger partial charge is 0.796 e. The minimum absolute atomic E-state index is 0.00565. The monoisotopic (exact) mass is 755 g/mol. The molecule has 0 heterocycles. The molecule has 9 rings (SSSR count). The average molecular weight is 755 g/mol. The van der Waals surface area contributed by atoms with E-state index in [4.69, 9.17) is 0 Å². The van der Waals surface area contributed by atoms with Crippen molar-refractivity contribution in [3.05, 3.63) is 177 Å². The van der Waals surface area contributed by atoms with Crippen molar-refractivity contribution in [2.45, 2.75) is 11.8 Å². The smallest absolute Gasteiger partial charge is 0.505 e. The first kappa shape index (κ1) is 36.5. The third-order valence-electron chi connectivity index (χ3n) is 9.54. The summed E-state index contributed by atoms with van der Waals surface area (Å²) >= 11 is 0. The summed E-state index contributed by atoms with van der Waals surface area (Å²) in [7, 11) is -8.95. The van der Waals surface area contributed by atoms with Crippen molar-refractivity contribution in [1.82, 2.24) is 0 Å². The highest BCUT2D eigenvalue weighted by Crippen LogP contribution is 2.57. The highest BCUT2D eigenvalue weighted by atomic mass is 19.3. The van der Waals surface area contributed by atoms with Crippen molar-refractivity contribution < 1.29 is 39.9 Å². The van der Waals surface area contributed by atoms with Crippen molar-refractivity contribution in [1.29, 1.82) is 0 Å². The van der Waals surface area contributed by atoms with Crippen LogP contribution in [0.15, 0.2) is 142 Å². The van der Waals surface area contributed by atoms with Crippen molar-refractivity contribution in [2.24, 2.45) is 15.0 Å². The summed E-state index contributed by atoms with van der Waals surface area (Å²) in [6.45, 7) is 0. The topological polar surface area (TPSA) is 64.8 Å². The second-order valence-electron chi connectivity index (χ2n) is 12.8. The van der Waals surface area contributed by atoms with E-state index < -0.39 is 22.4 Å². The maximum atomic E-state index is 13.1. The highest BCUT2D eigenvalue weighted by Gasteiger charge is 2.41. The van der Waals surface area contributed by atoms with Crippen LogP contribution in [0.2, 0.25) is 0 Å². The number of hydrogen-bond acceptors (Lipinski definition) is 6. The predicted molar refractivity (Wildman–Crippen MR) is 208 cm³/mol. The first-order valence-corrected chi connectivity index (χ1v) is 17.4. The molecule has 0 unspecified atom stereocenters. The van der Waals surface area contributed by atoms with Gasteiger partial charge in [0, 0.05) is 47.2 Å². The summed E-state index contributed by atoms with van der Waals surface area (Å²) in [4.78, 5) is 13.9. The molecule has 0 spiro atoms. The van der Waals surface area contributed by atoms with E-state index in [-0.39, 0.29) is 29.1 Å². The summed E-state index contributed by atoms with van der Waals surface area (Å²) in [5, 5.41) is 0. The maximum absolute atomic E-state index is 13.1. The fraction of sp³-hybridized carbons (Fsp3) is 0.0488. The second kappa shape index (κ2) is 15.7. The zero-order valence-corrected chi connectivity index (χ0v) is 29.1. The van der Waals surface area contributed by atoms with E-state index >= 15 is 0 Å². The summed E-state index contributed by atoms with van der Waals surface area (Å²) in [5.41, 5.74) is 9.10. The molecule has 0 aromatic heterocycles. The third-order valence-corrected chi connectivity index (χ3v) is 9.54. The molecular formula is C41H26B3F6N3O3. The first-order chi connectivity index (χ1) is 27.2. The van der Waals surface area contributed by atoms with Crippen molar-refractivity contribution in [2.75, 3.05) is 0 Å². The van der Waals surface area contributed by atoms with Gasteiger partial charge in [0.1, 0.15) is 17.2 Å². The second-order valence-corrected chi connectivity index (χ2v) is 12.8. The third kappa shape index (κ3) is 7.57. The van der Waals surface area contributed by atoms with E-state index in [0.717, 1.165) is 33.4 Å².